The molecule has 2 aliphatic heterocycles. The maximum absolute atomic E-state index is 13.5. The van der Waals surface area contributed by atoms with E-state index in [2.05, 4.69) is 15.5 Å². The molecule has 3 aliphatic rings. The maximum Gasteiger partial charge on any atom is 0.275 e. The number of furan rings is 1. The molecule has 3 atom stereocenters. The van der Waals surface area contributed by atoms with E-state index in [1.807, 2.05) is 4.90 Å². The topological polar surface area (TPSA) is 134 Å². The first-order chi connectivity index (χ1) is 15.0. The van der Waals surface area contributed by atoms with Gasteiger partial charge in [-0.05, 0) is 57.4 Å². The Balaban J connectivity index is 1.37. The fraction of sp³-hybridized carbons (Fsp3) is 0.545. The monoisotopic (exact) mass is 425 g/mol. The lowest BCUT2D eigenvalue weighted by molar-refractivity contribution is -0.117. The first-order valence-corrected chi connectivity index (χ1v) is 11.1. The number of nitrogens with zero attached hydrogens (tertiary/aromatic N) is 2. The van der Waals surface area contributed by atoms with Gasteiger partial charge in [0.25, 0.3) is 11.8 Å². The zero-order chi connectivity index (χ0) is 21.5. The number of carbonyl (C=O) groups is 3. The number of rotatable bonds is 5. The highest BCUT2D eigenvalue weighted by atomic mass is 16.3. The number of hydrogen-bond acceptors (Lipinski definition) is 5. The van der Waals surface area contributed by atoms with Crippen LogP contribution in [0.1, 0.15) is 76.4 Å². The first kappa shape index (κ1) is 19.8. The number of aryl methyl sites for hydroxylation is 1. The SMILES string of the molecule is NC(=O)Cc1occc1C(=O)NC1CCCC2CCC1N2C(=O)c1n[nH]c2c1CCC2. The average Bonchev–Trinajstić information content (AvgIpc) is 3.47. The fourth-order valence-electron chi connectivity index (χ4n) is 5.54. The maximum atomic E-state index is 13.5. The molecule has 0 radical (unpaired) electrons. The van der Waals surface area contributed by atoms with Crippen LogP contribution >= 0.6 is 0 Å². The number of nitrogens with one attached hydrogen (secondary N) is 2. The van der Waals surface area contributed by atoms with Crippen molar-refractivity contribution in [1.82, 2.24) is 20.4 Å². The number of aromatic amines is 1. The Kier molecular flexibility index (Phi) is 5.03. The third kappa shape index (κ3) is 3.51. The van der Waals surface area contributed by atoms with Gasteiger partial charge in [0.1, 0.15) is 5.76 Å². The summed E-state index contributed by atoms with van der Waals surface area (Å²) in [4.78, 5) is 39.8. The van der Waals surface area contributed by atoms with Crippen LogP contribution in [0.2, 0.25) is 0 Å². The van der Waals surface area contributed by atoms with Crippen LogP contribution in [0.15, 0.2) is 16.7 Å². The summed E-state index contributed by atoms with van der Waals surface area (Å²) in [5.41, 5.74) is 8.27. The number of aromatic nitrogens is 2. The summed E-state index contributed by atoms with van der Waals surface area (Å²) < 4.78 is 5.28. The van der Waals surface area contributed by atoms with Gasteiger partial charge in [-0.15, -0.1) is 0 Å². The van der Waals surface area contributed by atoms with Gasteiger partial charge in [-0.25, -0.2) is 0 Å². The number of fused-ring (bicyclic) bond motifs is 3. The average molecular weight is 425 g/mol. The predicted molar refractivity (Wildman–Crippen MR) is 110 cm³/mol. The van der Waals surface area contributed by atoms with Crippen LogP contribution in [0.5, 0.6) is 0 Å². The second-order valence-electron chi connectivity index (χ2n) is 8.81. The van der Waals surface area contributed by atoms with E-state index in [1.165, 1.54) is 6.26 Å². The van der Waals surface area contributed by atoms with Gasteiger partial charge >= 0.3 is 0 Å². The molecule has 5 rings (SSSR count). The van der Waals surface area contributed by atoms with Gasteiger partial charge in [-0.2, -0.15) is 5.10 Å². The molecular weight excluding hydrogens is 398 g/mol. The minimum Gasteiger partial charge on any atom is -0.468 e. The summed E-state index contributed by atoms with van der Waals surface area (Å²) in [6, 6.07) is 1.52. The molecular formula is C22H27N5O4. The van der Waals surface area contributed by atoms with E-state index in [4.69, 9.17) is 10.2 Å². The zero-order valence-corrected chi connectivity index (χ0v) is 17.4. The Morgan fingerprint density at radius 3 is 2.90 bits per heavy atom. The molecule has 0 aromatic carbocycles. The quantitative estimate of drug-likeness (QED) is 0.667. The highest BCUT2D eigenvalue weighted by Gasteiger charge is 2.45. The molecule has 1 aliphatic carbocycles. The lowest BCUT2D eigenvalue weighted by atomic mass is 9.96. The highest BCUT2D eigenvalue weighted by Crippen LogP contribution is 2.37. The standard InChI is InChI=1S/C22H27N5O4/c23-19(28)11-18-14(9-10-31-18)21(29)24-16-6-1-3-12-7-8-17(16)27(12)22(30)20-13-4-2-5-15(13)25-26-20/h9-10,12,16-17H,1-8,11H2,(H2,23,28)(H,24,29)(H,25,26). The molecule has 31 heavy (non-hydrogen) atoms. The van der Waals surface area contributed by atoms with E-state index < -0.39 is 5.91 Å². The fourth-order valence-corrected chi connectivity index (χ4v) is 5.54. The van der Waals surface area contributed by atoms with Crippen LogP contribution in [-0.4, -0.2) is 50.9 Å². The van der Waals surface area contributed by atoms with Crippen molar-refractivity contribution in [3.05, 3.63) is 40.6 Å². The van der Waals surface area contributed by atoms with Crippen molar-refractivity contribution < 1.29 is 18.8 Å². The third-order valence-corrected chi connectivity index (χ3v) is 6.95. The molecule has 0 saturated carbocycles. The third-order valence-electron chi connectivity index (χ3n) is 6.95. The lowest BCUT2D eigenvalue weighted by Gasteiger charge is -2.32. The molecule has 2 aromatic rings. The van der Waals surface area contributed by atoms with Gasteiger partial charge in [0.15, 0.2) is 5.69 Å². The van der Waals surface area contributed by atoms with E-state index in [0.29, 0.717) is 11.3 Å². The molecule has 4 heterocycles. The zero-order valence-electron chi connectivity index (χ0n) is 17.4. The molecule has 2 bridgehead atoms. The molecule has 164 valence electrons. The number of hydrogen-bond donors (Lipinski definition) is 3. The Labute approximate surface area is 179 Å². The van der Waals surface area contributed by atoms with Gasteiger partial charge in [0, 0.05) is 23.3 Å². The lowest BCUT2D eigenvalue weighted by Crippen LogP contribution is -2.51. The molecule has 2 saturated heterocycles. The van der Waals surface area contributed by atoms with Gasteiger partial charge in [0.2, 0.25) is 5.91 Å². The van der Waals surface area contributed by atoms with Crippen LogP contribution in [0.25, 0.3) is 0 Å². The Bertz CT molecular complexity index is 1030. The molecule has 4 N–H and O–H groups in total. The number of carbonyl (C=O) groups excluding carboxylic acids is 3. The summed E-state index contributed by atoms with van der Waals surface area (Å²) in [7, 11) is 0. The molecule has 9 heteroatoms. The normalized spacial score (nSPS) is 24.6. The number of amides is 3. The Morgan fingerprint density at radius 1 is 1.19 bits per heavy atom. The van der Waals surface area contributed by atoms with Gasteiger partial charge in [-0.3, -0.25) is 19.5 Å². The number of primary amides is 1. The van der Waals surface area contributed by atoms with Crippen molar-refractivity contribution in [1.29, 1.82) is 0 Å². The highest BCUT2D eigenvalue weighted by molar-refractivity contribution is 5.97. The van der Waals surface area contributed by atoms with E-state index in [0.717, 1.165) is 62.6 Å². The minimum absolute atomic E-state index is 0.0224. The van der Waals surface area contributed by atoms with E-state index >= 15 is 0 Å². The molecule has 2 fully saturated rings. The van der Waals surface area contributed by atoms with Gasteiger partial charge < -0.3 is 20.4 Å². The van der Waals surface area contributed by atoms with Crippen molar-refractivity contribution in [3.63, 3.8) is 0 Å². The van der Waals surface area contributed by atoms with Crippen molar-refractivity contribution in [2.24, 2.45) is 5.73 Å². The Hall–Kier alpha value is -3.10. The van der Waals surface area contributed by atoms with Gasteiger partial charge in [-0.1, -0.05) is 0 Å². The smallest absolute Gasteiger partial charge is 0.275 e. The van der Waals surface area contributed by atoms with Gasteiger partial charge in [0.05, 0.1) is 24.3 Å². The summed E-state index contributed by atoms with van der Waals surface area (Å²) in [5.74, 6) is -0.609. The summed E-state index contributed by atoms with van der Waals surface area (Å²) >= 11 is 0. The van der Waals surface area contributed by atoms with Crippen molar-refractivity contribution >= 4 is 17.7 Å². The summed E-state index contributed by atoms with van der Waals surface area (Å²) in [5, 5.41) is 10.5. The molecule has 2 aromatic heterocycles. The van der Waals surface area contributed by atoms with E-state index in [-0.39, 0.29) is 42.1 Å². The van der Waals surface area contributed by atoms with E-state index in [1.54, 1.807) is 6.07 Å². The first-order valence-electron chi connectivity index (χ1n) is 11.1. The Morgan fingerprint density at radius 2 is 2.06 bits per heavy atom. The van der Waals surface area contributed by atoms with Crippen LogP contribution in [0.3, 0.4) is 0 Å². The second-order valence-corrected chi connectivity index (χ2v) is 8.81. The molecule has 9 nitrogen and oxygen atoms in total. The number of H-pyrrole nitrogens is 1. The summed E-state index contributed by atoms with van der Waals surface area (Å²) in [6.07, 6.45) is 8.61. The molecule has 3 amide bonds. The second kappa shape index (κ2) is 7.86. The summed E-state index contributed by atoms with van der Waals surface area (Å²) in [6.45, 7) is 0. The van der Waals surface area contributed by atoms with Crippen LogP contribution in [0, 0.1) is 0 Å². The largest absolute Gasteiger partial charge is 0.468 e. The van der Waals surface area contributed by atoms with Crippen molar-refractivity contribution in [2.75, 3.05) is 0 Å². The minimum atomic E-state index is -0.555. The van der Waals surface area contributed by atoms with Crippen molar-refractivity contribution in [3.8, 4) is 0 Å². The molecule has 0 spiro atoms. The van der Waals surface area contributed by atoms with Crippen LogP contribution in [-0.2, 0) is 24.1 Å². The van der Waals surface area contributed by atoms with Crippen LogP contribution < -0.4 is 11.1 Å². The van der Waals surface area contributed by atoms with Crippen molar-refractivity contribution in [2.45, 2.75) is 75.9 Å². The van der Waals surface area contributed by atoms with E-state index in [9.17, 15) is 14.4 Å². The molecule has 3 unspecified atom stereocenters. The van der Waals surface area contributed by atoms with Crippen LogP contribution in [0.4, 0.5) is 0 Å². The predicted octanol–water partition coefficient (Wildman–Crippen LogP) is 1.47. The number of nitrogens with two attached hydrogens (primary N) is 1.